The summed E-state index contributed by atoms with van der Waals surface area (Å²) in [6.45, 7) is 2.82. The number of aromatic amines is 1. The normalized spacial score (nSPS) is 17.3. The number of nitrogens with zero attached hydrogens (tertiary/aromatic N) is 2. The highest BCUT2D eigenvalue weighted by Gasteiger charge is 2.44. The average molecular weight is 639 g/mol. The maximum atomic E-state index is 14.5. The Kier molecular flexibility index (Phi) is 10.3. The SMILES string of the molecule is CSCC(OC(=O)C(F)(F)F)C(=O)NC(C(=O)N1C[C@@H](CN(C)C)Cc2cc(Cl)ccc21)C(C)c1c[nH]c2ccccc12. The van der Waals surface area contributed by atoms with Crippen LogP contribution in [0.4, 0.5) is 18.9 Å². The Hall–Kier alpha value is -3.22. The lowest BCUT2D eigenvalue weighted by Crippen LogP contribution is -2.56. The first-order valence-corrected chi connectivity index (χ1v) is 15.4. The van der Waals surface area contributed by atoms with Crippen molar-refractivity contribution in [3.8, 4) is 0 Å². The number of carbonyl (C=O) groups is 3. The summed E-state index contributed by atoms with van der Waals surface area (Å²) in [6, 6.07) is 11.5. The van der Waals surface area contributed by atoms with Crippen LogP contribution in [-0.4, -0.2) is 85.2 Å². The maximum absolute atomic E-state index is 14.5. The number of halogens is 4. The lowest BCUT2D eigenvalue weighted by Gasteiger charge is -2.39. The molecule has 4 rings (SSSR count). The van der Waals surface area contributed by atoms with E-state index in [9.17, 15) is 27.6 Å². The fraction of sp³-hybridized carbons (Fsp3) is 0.433. The third kappa shape index (κ3) is 7.66. The molecular formula is C30H34ClF3N4O4S. The molecule has 2 amide bonds. The zero-order valence-electron chi connectivity index (χ0n) is 24.2. The molecule has 0 radical (unpaired) electrons. The molecule has 1 aliphatic rings. The number of H-pyrrole nitrogens is 1. The zero-order valence-corrected chi connectivity index (χ0v) is 25.8. The lowest BCUT2D eigenvalue weighted by molar-refractivity contribution is -0.204. The number of aromatic nitrogens is 1. The summed E-state index contributed by atoms with van der Waals surface area (Å²) in [5, 5.41) is 4.03. The van der Waals surface area contributed by atoms with Gasteiger partial charge in [-0.05, 0) is 68.1 Å². The summed E-state index contributed by atoms with van der Waals surface area (Å²) >= 11 is 7.34. The van der Waals surface area contributed by atoms with E-state index in [0.29, 0.717) is 30.2 Å². The number of hydrogen-bond acceptors (Lipinski definition) is 6. The Bertz CT molecular complexity index is 1480. The number of carbonyl (C=O) groups excluding carboxylic acids is 3. The molecule has 2 N–H and O–H groups in total. The maximum Gasteiger partial charge on any atom is 0.490 e. The summed E-state index contributed by atoms with van der Waals surface area (Å²) in [5.74, 6) is -4.69. The van der Waals surface area contributed by atoms with E-state index in [2.05, 4.69) is 15.0 Å². The molecule has 1 aliphatic heterocycles. The Morgan fingerprint density at radius 2 is 1.93 bits per heavy atom. The second-order valence-electron chi connectivity index (χ2n) is 11.0. The smallest absolute Gasteiger partial charge is 0.445 e. The van der Waals surface area contributed by atoms with E-state index in [-0.39, 0.29) is 11.7 Å². The predicted octanol–water partition coefficient (Wildman–Crippen LogP) is 5.01. The van der Waals surface area contributed by atoms with Gasteiger partial charge in [0.1, 0.15) is 6.04 Å². The van der Waals surface area contributed by atoms with Crippen LogP contribution in [-0.2, 0) is 25.5 Å². The van der Waals surface area contributed by atoms with Gasteiger partial charge in [-0.15, -0.1) is 0 Å². The van der Waals surface area contributed by atoms with Crippen molar-refractivity contribution < 1.29 is 32.3 Å². The van der Waals surface area contributed by atoms with Gasteiger partial charge < -0.3 is 24.8 Å². The van der Waals surface area contributed by atoms with Gasteiger partial charge in [-0.2, -0.15) is 24.9 Å². The fourth-order valence-corrected chi connectivity index (χ4v) is 6.25. The minimum atomic E-state index is -5.27. The number of rotatable bonds is 10. The van der Waals surface area contributed by atoms with E-state index in [1.807, 2.05) is 49.3 Å². The topological polar surface area (TPSA) is 94.7 Å². The van der Waals surface area contributed by atoms with Gasteiger partial charge in [-0.25, -0.2) is 4.79 Å². The Labute approximate surface area is 257 Å². The first kappa shape index (κ1) is 32.7. The lowest BCUT2D eigenvalue weighted by atomic mass is 9.88. The molecule has 4 atom stereocenters. The van der Waals surface area contributed by atoms with Crippen LogP contribution in [0.25, 0.3) is 10.9 Å². The summed E-state index contributed by atoms with van der Waals surface area (Å²) < 4.78 is 43.6. The molecule has 0 saturated carbocycles. The number of alkyl halides is 3. The van der Waals surface area contributed by atoms with Crippen molar-refractivity contribution in [2.75, 3.05) is 44.1 Å². The molecule has 0 bridgehead atoms. The van der Waals surface area contributed by atoms with Gasteiger partial charge in [0.2, 0.25) is 5.91 Å². The van der Waals surface area contributed by atoms with Crippen molar-refractivity contribution in [3.05, 3.63) is 64.8 Å². The van der Waals surface area contributed by atoms with Crippen LogP contribution in [0, 0.1) is 5.92 Å². The van der Waals surface area contributed by atoms with E-state index < -0.39 is 42.0 Å². The summed E-state index contributed by atoms with van der Waals surface area (Å²) in [5.41, 5.74) is 3.09. The highest BCUT2D eigenvalue weighted by Crippen LogP contribution is 2.35. The second-order valence-corrected chi connectivity index (χ2v) is 12.3. The summed E-state index contributed by atoms with van der Waals surface area (Å²) in [4.78, 5) is 46.4. The first-order chi connectivity index (χ1) is 20.3. The van der Waals surface area contributed by atoms with Crippen molar-refractivity contribution in [1.29, 1.82) is 0 Å². The number of ether oxygens (including phenoxy) is 1. The van der Waals surface area contributed by atoms with Gasteiger partial charge in [0.25, 0.3) is 5.91 Å². The number of esters is 1. The molecule has 0 spiro atoms. The number of benzene rings is 2. The Balaban J connectivity index is 1.74. The van der Waals surface area contributed by atoms with Crippen LogP contribution < -0.4 is 10.2 Å². The van der Waals surface area contributed by atoms with Crippen LogP contribution in [0.3, 0.4) is 0 Å². The summed E-state index contributed by atoms with van der Waals surface area (Å²) in [7, 11) is 3.88. The van der Waals surface area contributed by atoms with Gasteiger partial charge in [-0.3, -0.25) is 9.59 Å². The molecule has 1 aromatic heterocycles. The predicted molar refractivity (Wildman–Crippen MR) is 163 cm³/mol. The summed E-state index contributed by atoms with van der Waals surface area (Å²) in [6.07, 6.45) is -3.02. The van der Waals surface area contributed by atoms with Crippen molar-refractivity contribution in [2.24, 2.45) is 5.92 Å². The van der Waals surface area contributed by atoms with Crippen LogP contribution in [0.15, 0.2) is 48.7 Å². The van der Waals surface area contributed by atoms with Gasteiger partial charge in [0, 0.05) is 52.6 Å². The number of hydrogen-bond donors (Lipinski definition) is 2. The quantitative estimate of drug-likeness (QED) is 0.303. The molecular weight excluding hydrogens is 605 g/mol. The number of nitrogens with one attached hydrogen (secondary N) is 2. The van der Waals surface area contributed by atoms with E-state index in [0.717, 1.165) is 33.8 Å². The second kappa shape index (κ2) is 13.6. The number of amides is 2. The largest absolute Gasteiger partial charge is 0.490 e. The highest BCUT2D eigenvalue weighted by molar-refractivity contribution is 7.98. The third-order valence-electron chi connectivity index (χ3n) is 7.44. The van der Waals surface area contributed by atoms with Crippen molar-refractivity contribution in [2.45, 2.75) is 37.6 Å². The zero-order chi connectivity index (χ0) is 31.5. The fourth-order valence-electron chi connectivity index (χ4n) is 5.54. The van der Waals surface area contributed by atoms with Crippen molar-refractivity contribution in [1.82, 2.24) is 15.2 Å². The molecule has 0 aliphatic carbocycles. The van der Waals surface area contributed by atoms with Gasteiger partial charge in [0.05, 0.1) is 0 Å². The van der Waals surface area contributed by atoms with Gasteiger partial charge in [0.15, 0.2) is 6.10 Å². The molecule has 232 valence electrons. The van der Waals surface area contributed by atoms with Crippen LogP contribution in [0.2, 0.25) is 5.02 Å². The minimum absolute atomic E-state index is 0.0571. The molecule has 43 heavy (non-hydrogen) atoms. The third-order valence-corrected chi connectivity index (χ3v) is 8.31. The number of para-hydroxylation sites is 1. The molecule has 2 heterocycles. The standard InChI is InChI=1S/C30H34ClF3N4O4S/c1-17(22-13-35-23-8-6-5-7-21(22)23)26(36-27(39)25(16-43-4)42-29(41)30(32,33)34)28(40)38-15-18(14-37(2)3)11-19-12-20(31)9-10-24(19)38/h5-10,12-13,17-18,25-26,35H,11,14-16H2,1-4H3,(H,36,39)/t17?,18-,25?,26?/m1/s1. The van der Waals surface area contributed by atoms with Gasteiger partial charge in [-0.1, -0.05) is 36.7 Å². The molecule has 0 fully saturated rings. The van der Waals surface area contributed by atoms with Gasteiger partial charge >= 0.3 is 12.1 Å². The Morgan fingerprint density at radius 3 is 2.60 bits per heavy atom. The highest BCUT2D eigenvalue weighted by atomic mass is 35.5. The molecule has 2 aromatic carbocycles. The van der Waals surface area contributed by atoms with E-state index >= 15 is 0 Å². The van der Waals surface area contributed by atoms with E-state index in [1.165, 1.54) is 0 Å². The molecule has 3 aromatic rings. The molecule has 0 saturated heterocycles. The monoisotopic (exact) mass is 638 g/mol. The first-order valence-electron chi connectivity index (χ1n) is 13.7. The number of thioether (sulfide) groups is 1. The Morgan fingerprint density at radius 1 is 1.21 bits per heavy atom. The van der Waals surface area contributed by atoms with E-state index in [1.54, 1.807) is 36.4 Å². The molecule has 8 nitrogen and oxygen atoms in total. The molecule has 3 unspecified atom stereocenters. The van der Waals surface area contributed by atoms with Crippen LogP contribution >= 0.6 is 23.4 Å². The number of fused-ring (bicyclic) bond motifs is 2. The van der Waals surface area contributed by atoms with Crippen LogP contribution in [0.5, 0.6) is 0 Å². The molecule has 13 heteroatoms. The van der Waals surface area contributed by atoms with Crippen LogP contribution in [0.1, 0.15) is 24.0 Å². The van der Waals surface area contributed by atoms with Crippen molar-refractivity contribution in [3.63, 3.8) is 0 Å². The number of anilines is 1. The van der Waals surface area contributed by atoms with E-state index in [4.69, 9.17) is 11.6 Å². The van der Waals surface area contributed by atoms with Crippen molar-refractivity contribution >= 4 is 57.7 Å². The average Bonchev–Trinajstić information content (AvgIpc) is 3.37. The minimum Gasteiger partial charge on any atom is -0.445 e.